The number of carbonyl (C=O) groups excluding carboxylic acids is 1. The highest BCUT2D eigenvalue weighted by molar-refractivity contribution is 6.04. The van der Waals surface area contributed by atoms with E-state index in [2.05, 4.69) is 10.4 Å². The van der Waals surface area contributed by atoms with Crippen LogP contribution in [0, 0.1) is 6.92 Å². The average Bonchev–Trinajstić information content (AvgIpc) is 2.71. The van der Waals surface area contributed by atoms with E-state index >= 15 is 0 Å². The minimum Gasteiger partial charge on any atom is -0.330 e. The molecule has 0 fully saturated rings. The second-order valence-corrected chi connectivity index (χ2v) is 4.49. The quantitative estimate of drug-likeness (QED) is 0.872. The van der Waals surface area contributed by atoms with Crippen LogP contribution in [0.15, 0.2) is 30.5 Å². The predicted octanol–water partition coefficient (Wildman–Crippen LogP) is 1.48. The van der Waals surface area contributed by atoms with Crippen LogP contribution in [0.25, 0.3) is 0 Å². The smallest absolute Gasteiger partial charge is 0.259 e. The van der Waals surface area contributed by atoms with Crippen LogP contribution >= 0.6 is 0 Å². The molecule has 0 aliphatic carbocycles. The Labute approximate surface area is 112 Å². The van der Waals surface area contributed by atoms with Gasteiger partial charge in [-0.2, -0.15) is 5.10 Å². The highest BCUT2D eigenvalue weighted by Crippen LogP contribution is 2.13. The number of nitrogens with one attached hydrogen (secondary N) is 1. The molecular formula is C14H18N4O. The topological polar surface area (TPSA) is 72.9 Å². The van der Waals surface area contributed by atoms with Gasteiger partial charge in [-0.25, -0.2) is 0 Å². The maximum atomic E-state index is 12.1. The lowest BCUT2D eigenvalue weighted by molar-refractivity contribution is 0.102. The molecule has 0 atom stereocenters. The number of carbonyl (C=O) groups is 1. The van der Waals surface area contributed by atoms with Gasteiger partial charge in [-0.05, 0) is 37.6 Å². The fourth-order valence-electron chi connectivity index (χ4n) is 1.94. The van der Waals surface area contributed by atoms with E-state index < -0.39 is 0 Å². The zero-order valence-corrected chi connectivity index (χ0v) is 11.2. The number of nitrogens with two attached hydrogens (primary N) is 1. The molecule has 1 aromatic heterocycles. The van der Waals surface area contributed by atoms with Crippen molar-refractivity contribution < 1.29 is 4.79 Å². The number of hydrogen-bond acceptors (Lipinski definition) is 3. The summed E-state index contributed by atoms with van der Waals surface area (Å²) < 4.78 is 1.63. The lowest BCUT2D eigenvalue weighted by Crippen LogP contribution is -2.12. The van der Waals surface area contributed by atoms with Crippen molar-refractivity contribution in [1.29, 1.82) is 0 Å². The number of benzene rings is 1. The summed E-state index contributed by atoms with van der Waals surface area (Å²) >= 11 is 0. The Kier molecular flexibility index (Phi) is 3.97. The number of rotatable bonds is 4. The largest absolute Gasteiger partial charge is 0.330 e. The highest BCUT2D eigenvalue weighted by atomic mass is 16.1. The second kappa shape index (κ2) is 5.67. The van der Waals surface area contributed by atoms with Crippen LogP contribution in [-0.4, -0.2) is 22.2 Å². The summed E-state index contributed by atoms with van der Waals surface area (Å²) in [7, 11) is 1.80. The Morgan fingerprint density at radius 1 is 1.37 bits per heavy atom. The van der Waals surface area contributed by atoms with Crippen LogP contribution in [0.1, 0.15) is 21.6 Å². The molecule has 1 amide bonds. The van der Waals surface area contributed by atoms with Gasteiger partial charge in [-0.3, -0.25) is 9.48 Å². The third-order valence-electron chi connectivity index (χ3n) is 2.90. The summed E-state index contributed by atoms with van der Waals surface area (Å²) in [5.74, 6) is -0.142. The Bertz CT molecular complexity index is 572. The van der Waals surface area contributed by atoms with Crippen molar-refractivity contribution in [2.75, 3.05) is 11.9 Å². The molecule has 1 heterocycles. The number of anilines is 1. The van der Waals surface area contributed by atoms with E-state index in [4.69, 9.17) is 5.73 Å². The summed E-state index contributed by atoms with van der Waals surface area (Å²) in [5, 5.41) is 7.01. The number of aryl methyl sites for hydroxylation is 2. The molecule has 5 nitrogen and oxygen atoms in total. The summed E-state index contributed by atoms with van der Waals surface area (Å²) in [4.78, 5) is 12.1. The predicted molar refractivity (Wildman–Crippen MR) is 75.1 cm³/mol. The number of aromatic nitrogens is 2. The first-order valence-corrected chi connectivity index (χ1v) is 6.20. The fourth-order valence-corrected chi connectivity index (χ4v) is 1.94. The normalized spacial score (nSPS) is 10.5. The van der Waals surface area contributed by atoms with Gasteiger partial charge >= 0.3 is 0 Å². The summed E-state index contributed by atoms with van der Waals surface area (Å²) in [6.07, 6.45) is 2.56. The fraction of sp³-hybridized carbons (Fsp3) is 0.286. The van der Waals surface area contributed by atoms with Crippen molar-refractivity contribution >= 4 is 11.6 Å². The Morgan fingerprint density at radius 3 is 2.58 bits per heavy atom. The average molecular weight is 258 g/mol. The van der Waals surface area contributed by atoms with E-state index in [1.54, 1.807) is 17.9 Å². The van der Waals surface area contributed by atoms with E-state index in [0.29, 0.717) is 12.1 Å². The molecule has 0 radical (unpaired) electrons. The third-order valence-corrected chi connectivity index (χ3v) is 2.90. The van der Waals surface area contributed by atoms with E-state index in [0.717, 1.165) is 23.4 Å². The molecule has 0 unspecified atom stereocenters. The molecule has 0 bridgehead atoms. The molecular weight excluding hydrogens is 240 g/mol. The molecule has 2 rings (SSSR count). The Morgan fingerprint density at radius 2 is 2.05 bits per heavy atom. The molecule has 1 aromatic carbocycles. The standard InChI is InChI=1S/C14H18N4O/c1-10-13(9-18(2)17-10)14(19)16-12-5-3-11(4-6-12)7-8-15/h3-6,9H,7-8,15H2,1-2H3,(H,16,19). The lowest BCUT2D eigenvalue weighted by atomic mass is 10.1. The minimum atomic E-state index is -0.142. The summed E-state index contributed by atoms with van der Waals surface area (Å²) in [6, 6.07) is 7.71. The molecule has 0 aliphatic rings. The minimum absolute atomic E-state index is 0.142. The van der Waals surface area contributed by atoms with E-state index in [-0.39, 0.29) is 5.91 Å². The highest BCUT2D eigenvalue weighted by Gasteiger charge is 2.12. The van der Waals surface area contributed by atoms with Gasteiger partial charge in [-0.1, -0.05) is 12.1 Å². The Hall–Kier alpha value is -2.14. The van der Waals surface area contributed by atoms with Gasteiger partial charge in [-0.15, -0.1) is 0 Å². The van der Waals surface area contributed by atoms with Gasteiger partial charge < -0.3 is 11.1 Å². The van der Waals surface area contributed by atoms with Crippen molar-refractivity contribution in [3.8, 4) is 0 Å². The number of hydrogen-bond donors (Lipinski definition) is 2. The van der Waals surface area contributed by atoms with Crippen LogP contribution in [0.3, 0.4) is 0 Å². The van der Waals surface area contributed by atoms with Gasteiger partial charge in [0.2, 0.25) is 0 Å². The number of nitrogens with zero attached hydrogens (tertiary/aromatic N) is 2. The monoisotopic (exact) mass is 258 g/mol. The van der Waals surface area contributed by atoms with Crippen molar-refractivity contribution in [2.45, 2.75) is 13.3 Å². The molecule has 2 aromatic rings. The summed E-state index contributed by atoms with van der Waals surface area (Å²) in [6.45, 7) is 2.44. The molecule has 0 saturated carbocycles. The zero-order chi connectivity index (χ0) is 13.8. The summed E-state index contributed by atoms with van der Waals surface area (Å²) in [5.41, 5.74) is 8.75. The first kappa shape index (κ1) is 13.3. The molecule has 100 valence electrons. The molecule has 0 saturated heterocycles. The van der Waals surface area contributed by atoms with Crippen molar-refractivity contribution in [3.05, 3.63) is 47.3 Å². The van der Waals surface area contributed by atoms with Crippen LogP contribution in [-0.2, 0) is 13.5 Å². The number of amides is 1. The molecule has 0 aliphatic heterocycles. The molecule has 3 N–H and O–H groups in total. The first-order valence-electron chi connectivity index (χ1n) is 6.20. The van der Waals surface area contributed by atoms with Gasteiger partial charge in [0.15, 0.2) is 0 Å². The van der Waals surface area contributed by atoms with E-state index in [1.165, 1.54) is 0 Å². The van der Waals surface area contributed by atoms with E-state index in [1.807, 2.05) is 31.2 Å². The van der Waals surface area contributed by atoms with Gasteiger partial charge in [0.1, 0.15) is 0 Å². The van der Waals surface area contributed by atoms with Crippen LogP contribution in [0.5, 0.6) is 0 Å². The maximum Gasteiger partial charge on any atom is 0.259 e. The van der Waals surface area contributed by atoms with Gasteiger partial charge in [0.05, 0.1) is 11.3 Å². The van der Waals surface area contributed by atoms with Crippen molar-refractivity contribution in [2.24, 2.45) is 12.8 Å². The zero-order valence-electron chi connectivity index (χ0n) is 11.2. The van der Waals surface area contributed by atoms with E-state index in [9.17, 15) is 4.79 Å². The van der Waals surface area contributed by atoms with Crippen LogP contribution in [0.4, 0.5) is 5.69 Å². The molecule has 0 spiro atoms. The second-order valence-electron chi connectivity index (χ2n) is 4.49. The lowest BCUT2D eigenvalue weighted by Gasteiger charge is -2.05. The van der Waals surface area contributed by atoms with Gasteiger partial charge in [0, 0.05) is 18.9 Å². The van der Waals surface area contributed by atoms with Crippen LogP contribution in [0.2, 0.25) is 0 Å². The third kappa shape index (κ3) is 3.20. The van der Waals surface area contributed by atoms with Crippen LogP contribution < -0.4 is 11.1 Å². The van der Waals surface area contributed by atoms with Crippen molar-refractivity contribution in [3.63, 3.8) is 0 Å². The first-order chi connectivity index (χ1) is 9.10. The Balaban J connectivity index is 2.08. The maximum absolute atomic E-state index is 12.1. The SMILES string of the molecule is Cc1nn(C)cc1C(=O)Nc1ccc(CCN)cc1. The molecule has 5 heteroatoms. The van der Waals surface area contributed by atoms with Crippen molar-refractivity contribution in [1.82, 2.24) is 9.78 Å². The van der Waals surface area contributed by atoms with Gasteiger partial charge in [0.25, 0.3) is 5.91 Å². The molecule has 19 heavy (non-hydrogen) atoms.